The summed E-state index contributed by atoms with van der Waals surface area (Å²) < 4.78 is 0. The molecule has 6 nitrogen and oxygen atoms in total. The summed E-state index contributed by atoms with van der Waals surface area (Å²) in [7, 11) is 0. The first-order valence-corrected chi connectivity index (χ1v) is 9.25. The predicted octanol–water partition coefficient (Wildman–Crippen LogP) is 3.13. The summed E-state index contributed by atoms with van der Waals surface area (Å²) in [6.45, 7) is 6.11. The van der Waals surface area contributed by atoms with Crippen LogP contribution < -0.4 is 10.2 Å². The number of hydrogen-bond donors (Lipinski definition) is 1. The molecule has 26 heavy (non-hydrogen) atoms. The second-order valence-corrected chi connectivity index (χ2v) is 8.13. The Morgan fingerprint density at radius 3 is 2.85 bits per heavy atom. The number of carbonyl (C=O) groups is 2. The average Bonchev–Trinajstić information content (AvgIpc) is 3.19. The fraction of sp³-hybridized carbons (Fsp3) is 0.368. The van der Waals surface area contributed by atoms with Gasteiger partial charge in [-0.1, -0.05) is 26.8 Å². The molecule has 2 amide bonds. The van der Waals surface area contributed by atoms with Crippen molar-refractivity contribution >= 4 is 34.0 Å². The van der Waals surface area contributed by atoms with Gasteiger partial charge in [-0.05, 0) is 24.1 Å². The summed E-state index contributed by atoms with van der Waals surface area (Å²) in [5.74, 6) is -0.167. The molecule has 7 heteroatoms. The summed E-state index contributed by atoms with van der Waals surface area (Å²) >= 11 is 1.31. The highest BCUT2D eigenvalue weighted by molar-refractivity contribution is 7.13. The highest BCUT2D eigenvalue weighted by Gasteiger charge is 2.26. The number of nitrogens with zero attached hydrogens (tertiary/aromatic N) is 3. The van der Waals surface area contributed by atoms with Crippen LogP contribution in [0.4, 0.5) is 10.8 Å². The molecule has 1 aliphatic heterocycles. The van der Waals surface area contributed by atoms with E-state index in [1.807, 2.05) is 26.8 Å². The van der Waals surface area contributed by atoms with Crippen LogP contribution in [0.1, 0.15) is 37.6 Å². The summed E-state index contributed by atoms with van der Waals surface area (Å²) in [4.78, 5) is 30.8. The summed E-state index contributed by atoms with van der Waals surface area (Å²) in [6.07, 6.45) is 0.953. The molecule has 0 aliphatic carbocycles. The fourth-order valence-electron chi connectivity index (χ4n) is 2.69. The Balaban J connectivity index is 1.69. The molecule has 1 aromatic heterocycles. The Kier molecular flexibility index (Phi) is 4.79. The minimum Gasteiger partial charge on any atom is -0.311 e. The fourth-order valence-corrected chi connectivity index (χ4v) is 3.39. The molecule has 0 bridgehead atoms. The smallest absolute Gasteiger partial charge is 0.233 e. The number of nitrogens with one attached hydrogen (secondary N) is 1. The van der Waals surface area contributed by atoms with E-state index in [0.717, 1.165) is 17.7 Å². The lowest BCUT2D eigenvalue weighted by Crippen LogP contribution is -2.30. The van der Waals surface area contributed by atoms with Gasteiger partial charge in [0.25, 0.3) is 0 Å². The summed E-state index contributed by atoms with van der Waals surface area (Å²) in [6, 6.07) is 7.55. The molecule has 3 rings (SSSR count). The lowest BCUT2D eigenvalue weighted by molar-refractivity contribution is -0.123. The molecule has 134 valence electrons. The van der Waals surface area contributed by atoms with Crippen molar-refractivity contribution < 1.29 is 9.59 Å². The molecule has 0 saturated heterocycles. The van der Waals surface area contributed by atoms with Gasteiger partial charge < -0.3 is 10.2 Å². The number of amides is 2. The zero-order valence-corrected chi connectivity index (χ0v) is 15.8. The van der Waals surface area contributed by atoms with E-state index >= 15 is 0 Å². The molecule has 2 aromatic rings. The molecule has 0 unspecified atom stereocenters. The molecule has 0 saturated carbocycles. The van der Waals surface area contributed by atoms with Crippen molar-refractivity contribution in [1.82, 2.24) is 4.98 Å². The van der Waals surface area contributed by atoms with E-state index in [-0.39, 0.29) is 18.2 Å². The van der Waals surface area contributed by atoms with Crippen LogP contribution in [0.3, 0.4) is 0 Å². The van der Waals surface area contributed by atoms with Gasteiger partial charge in [-0.3, -0.25) is 9.59 Å². The van der Waals surface area contributed by atoms with E-state index in [9.17, 15) is 9.59 Å². The topological polar surface area (TPSA) is 86.1 Å². The first-order chi connectivity index (χ1) is 12.3. The number of nitriles is 1. The predicted molar refractivity (Wildman–Crippen MR) is 101 cm³/mol. The summed E-state index contributed by atoms with van der Waals surface area (Å²) in [5, 5.41) is 14.1. The largest absolute Gasteiger partial charge is 0.311 e. The molecule has 1 aliphatic rings. The van der Waals surface area contributed by atoms with E-state index in [4.69, 9.17) is 5.26 Å². The first-order valence-electron chi connectivity index (χ1n) is 8.37. The van der Waals surface area contributed by atoms with Crippen LogP contribution in [0.2, 0.25) is 0 Å². The third-order valence-electron chi connectivity index (χ3n) is 4.20. The third-order valence-corrected chi connectivity index (χ3v) is 5.00. The van der Waals surface area contributed by atoms with Crippen LogP contribution in [0.5, 0.6) is 0 Å². The molecule has 1 N–H and O–H groups in total. The Morgan fingerprint density at radius 2 is 2.15 bits per heavy atom. The molecular weight excluding hydrogens is 348 g/mol. The third kappa shape index (κ3) is 3.75. The van der Waals surface area contributed by atoms with E-state index < -0.39 is 5.41 Å². The van der Waals surface area contributed by atoms with Crippen molar-refractivity contribution in [2.45, 2.75) is 33.6 Å². The van der Waals surface area contributed by atoms with Gasteiger partial charge in [0.1, 0.15) is 0 Å². The Morgan fingerprint density at radius 1 is 1.38 bits per heavy atom. The molecule has 2 heterocycles. The van der Waals surface area contributed by atoms with E-state index in [0.29, 0.717) is 22.9 Å². The number of anilines is 2. The minimum atomic E-state index is -0.501. The van der Waals surface area contributed by atoms with Crippen molar-refractivity contribution in [2.75, 3.05) is 16.8 Å². The Labute approximate surface area is 156 Å². The van der Waals surface area contributed by atoms with Crippen LogP contribution in [-0.2, 0) is 22.4 Å². The van der Waals surface area contributed by atoms with Crippen molar-refractivity contribution in [3.05, 3.63) is 40.4 Å². The highest BCUT2D eigenvalue weighted by Crippen LogP contribution is 2.30. The zero-order valence-electron chi connectivity index (χ0n) is 15.0. The molecule has 1 aromatic carbocycles. The van der Waals surface area contributed by atoms with Crippen LogP contribution in [0.25, 0.3) is 0 Å². The number of fused-ring (bicyclic) bond motifs is 1. The maximum Gasteiger partial charge on any atom is 0.233 e. The molecule has 0 radical (unpaired) electrons. The Hall–Kier alpha value is -2.72. The number of rotatable bonds is 3. The highest BCUT2D eigenvalue weighted by atomic mass is 32.1. The molecule has 0 fully saturated rings. The van der Waals surface area contributed by atoms with Crippen LogP contribution in [0.15, 0.2) is 23.6 Å². The van der Waals surface area contributed by atoms with Crippen LogP contribution >= 0.6 is 11.3 Å². The number of benzene rings is 1. The quantitative estimate of drug-likeness (QED) is 0.902. The maximum absolute atomic E-state index is 12.7. The van der Waals surface area contributed by atoms with E-state index in [2.05, 4.69) is 16.4 Å². The van der Waals surface area contributed by atoms with Crippen molar-refractivity contribution in [3.8, 4) is 6.07 Å². The number of hydrogen-bond acceptors (Lipinski definition) is 5. The number of carbonyl (C=O) groups excluding carboxylic acids is 2. The van der Waals surface area contributed by atoms with Gasteiger partial charge in [-0.2, -0.15) is 5.26 Å². The van der Waals surface area contributed by atoms with Gasteiger partial charge in [-0.15, -0.1) is 11.3 Å². The lowest BCUT2D eigenvalue weighted by Gasteiger charge is -2.17. The van der Waals surface area contributed by atoms with Gasteiger partial charge >= 0.3 is 0 Å². The standard InChI is InChI=1S/C19H20N4O2S/c1-19(2,3)17(25)22-18-21-14(11-26-18)9-16(24)23-7-6-13-5-4-12(10-20)8-15(13)23/h4-5,8,11H,6-7,9H2,1-3H3,(H,21,22,25). The van der Waals surface area contributed by atoms with Crippen LogP contribution in [0, 0.1) is 16.7 Å². The van der Waals surface area contributed by atoms with E-state index in [1.54, 1.807) is 22.4 Å². The normalized spacial score (nSPS) is 13.2. The molecular formula is C19H20N4O2S. The van der Waals surface area contributed by atoms with Gasteiger partial charge in [-0.25, -0.2) is 4.98 Å². The van der Waals surface area contributed by atoms with Gasteiger partial charge in [0, 0.05) is 23.0 Å². The molecule has 0 spiro atoms. The second kappa shape index (κ2) is 6.89. The molecule has 0 atom stereocenters. The second-order valence-electron chi connectivity index (χ2n) is 7.28. The van der Waals surface area contributed by atoms with Gasteiger partial charge in [0.05, 0.1) is 23.7 Å². The maximum atomic E-state index is 12.7. The SMILES string of the molecule is CC(C)(C)C(=O)Nc1nc(CC(=O)N2CCc3ccc(C#N)cc32)cs1. The minimum absolute atomic E-state index is 0.0576. The van der Waals surface area contributed by atoms with Gasteiger partial charge in [0.2, 0.25) is 11.8 Å². The Bertz CT molecular complexity index is 905. The van der Waals surface area contributed by atoms with Crippen molar-refractivity contribution in [2.24, 2.45) is 5.41 Å². The van der Waals surface area contributed by atoms with Crippen LogP contribution in [-0.4, -0.2) is 23.3 Å². The summed E-state index contributed by atoms with van der Waals surface area (Å²) in [5.41, 5.74) is 2.57. The zero-order chi connectivity index (χ0) is 18.9. The van der Waals surface area contributed by atoms with Crippen molar-refractivity contribution in [3.63, 3.8) is 0 Å². The van der Waals surface area contributed by atoms with E-state index in [1.165, 1.54) is 11.3 Å². The first kappa shape index (κ1) is 18.1. The van der Waals surface area contributed by atoms with Gasteiger partial charge in [0.15, 0.2) is 5.13 Å². The van der Waals surface area contributed by atoms with Crippen molar-refractivity contribution in [1.29, 1.82) is 5.26 Å². The lowest BCUT2D eigenvalue weighted by atomic mass is 9.96. The number of aromatic nitrogens is 1. The monoisotopic (exact) mass is 368 g/mol. The number of thiazole rings is 1. The average molecular weight is 368 g/mol.